The van der Waals surface area contributed by atoms with Gasteiger partial charge in [-0.2, -0.15) is 0 Å². The number of amides is 2. The summed E-state index contributed by atoms with van der Waals surface area (Å²) >= 11 is 0. The van der Waals surface area contributed by atoms with E-state index in [1.165, 1.54) is 12.1 Å². The Morgan fingerprint density at radius 1 is 1.08 bits per heavy atom. The molecule has 1 aliphatic heterocycles. The van der Waals surface area contributed by atoms with Gasteiger partial charge in [-0.15, -0.1) is 0 Å². The van der Waals surface area contributed by atoms with Gasteiger partial charge in [0.2, 0.25) is 0 Å². The number of hydrogen-bond acceptors (Lipinski definition) is 4. The first-order valence-electron chi connectivity index (χ1n) is 12.6. The summed E-state index contributed by atoms with van der Waals surface area (Å²) in [5.41, 5.74) is 1.74. The van der Waals surface area contributed by atoms with Crippen molar-refractivity contribution >= 4 is 23.5 Å². The van der Waals surface area contributed by atoms with Gasteiger partial charge in [0, 0.05) is 17.7 Å². The second-order valence-electron chi connectivity index (χ2n) is 9.51. The molecule has 0 unspecified atom stereocenters. The molecule has 2 aliphatic rings. The summed E-state index contributed by atoms with van der Waals surface area (Å²) in [6, 6.07) is 12.9. The third kappa shape index (κ3) is 5.32. The predicted molar refractivity (Wildman–Crippen MR) is 134 cm³/mol. The Balaban J connectivity index is 1.63. The van der Waals surface area contributed by atoms with Crippen LogP contribution in [0.15, 0.2) is 53.5 Å². The number of benzene rings is 2. The van der Waals surface area contributed by atoms with Gasteiger partial charge >= 0.3 is 5.97 Å². The van der Waals surface area contributed by atoms with Crippen LogP contribution in [0, 0.1) is 5.82 Å². The Kier molecular flexibility index (Phi) is 7.82. The molecule has 8 heteroatoms. The van der Waals surface area contributed by atoms with Crippen molar-refractivity contribution in [3.05, 3.63) is 71.0 Å². The van der Waals surface area contributed by atoms with E-state index in [9.17, 15) is 18.8 Å². The first kappa shape index (κ1) is 25.5. The number of carbonyl (C=O) groups is 3. The number of carbonyl (C=O) groups excluding carboxylic acids is 2. The third-order valence-electron chi connectivity index (χ3n) is 7.02. The van der Waals surface area contributed by atoms with E-state index in [1.54, 1.807) is 24.3 Å². The molecule has 1 heterocycles. The smallest absolute Gasteiger partial charge is 0.305 e. The topological polar surface area (TPSA) is 99.1 Å². The Bertz CT molecular complexity index is 1140. The fourth-order valence-electron chi connectivity index (χ4n) is 5.27. The molecule has 2 aromatic rings. The summed E-state index contributed by atoms with van der Waals surface area (Å²) in [6.07, 6.45) is 6.10. The first-order valence-corrected chi connectivity index (χ1v) is 12.6. The van der Waals surface area contributed by atoms with Crippen molar-refractivity contribution in [2.24, 2.45) is 4.99 Å². The molecule has 4 rings (SSSR count). The van der Waals surface area contributed by atoms with E-state index in [0.717, 1.165) is 50.5 Å². The van der Waals surface area contributed by atoms with Crippen molar-refractivity contribution in [3.63, 3.8) is 0 Å². The van der Waals surface area contributed by atoms with Crippen LogP contribution in [0.3, 0.4) is 0 Å². The van der Waals surface area contributed by atoms with Gasteiger partial charge in [0.15, 0.2) is 0 Å². The van der Waals surface area contributed by atoms with E-state index >= 15 is 0 Å². The zero-order valence-corrected chi connectivity index (χ0v) is 20.5. The molecule has 1 spiro atoms. The molecule has 2 aromatic carbocycles. The standard InChI is InChI=1S/C28H32FN3O4/c1-2-6-23(19-7-9-21(10-8-19)26(35)30-18-15-24(33)34)32-27(36)25(20-11-13-22(29)14-12-20)31-28(32)16-4-3-5-17-28/h7-14,23H,2-6,15-18H2,1H3,(H,30,35)(H,33,34)/t23-/m1/s1. The zero-order chi connectivity index (χ0) is 25.7. The lowest BCUT2D eigenvalue weighted by molar-refractivity contribution is -0.137. The van der Waals surface area contributed by atoms with E-state index in [-0.39, 0.29) is 36.6 Å². The van der Waals surface area contributed by atoms with Crippen LogP contribution in [0.25, 0.3) is 0 Å². The van der Waals surface area contributed by atoms with Crippen LogP contribution in [-0.4, -0.2) is 45.7 Å². The van der Waals surface area contributed by atoms with E-state index in [4.69, 9.17) is 10.1 Å². The van der Waals surface area contributed by atoms with E-state index in [2.05, 4.69) is 12.2 Å². The molecule has 0 radical (unpaired) electrons. The molecule has 0 bridgehead atoms. The van der Waals surface area contributed by atoms with Gasteiger partial charge in [-0.1, -0.05) is 31.9 Å². The summed E-state index contributed by atoms with van der Waals surface area (Å²) < 4.78 is 13.5. The van der Waals surface area contributed by atoms with Crippen LogP contribution in [0.2, 0.25) is 0 Å². The molecule has 1 saturated carbocycles. The molecule has 36 heavy (non-hydrogen) atoms. The quantitative estimate of drug-likeness (QED) is 0.521. The highest BCUT2D eigenvalue weighted by molar-refractivity contribution is 6.46. The number of carboxylic acids is 1. The minimum atomic E-state index is -0.970. The van der Waals surface area contributed by atoms with Crippen LogP contribution >= 0.6 is 0 Å². The first-order chi connectivity index (χ1) is 17.3. The molecule has 0 saturated heterocycles. The summed E-state index contributed by atoms with van der Waals surface area (Å²) in [5, 5.41) is 11.4. The van der Waals surface area contributed by atoms with Crippen molar-refractivity contribution in [3.8, 4) is 0 Å². The molecule has 2 N–H and O–H groups in total. The van der Waals surface area contributed by atoms with Gasteiger partial charge < -0.3 is 15.3 Å². The fourth-order valence-corrected chi connectivity index (χ4v) is 5.27. The summed E-state index contributed by atoms with van der Waals surface area (Å²) in [6.45, 7) is 2.13. The minimum absolute atomic E-state index is 0.0582. The van der Waals surface area contributed by atoms with Crippen molar-refractivity contribution in [1.29, 1.82) is 0 Å². The second-order valence-corrected chi connectivity index (χ2v) is 9.51. The van der Waals surface area contributed by atoms with Crippen molar-refractivity contribution in [2.45, 2.75) is 70.0 Å². The van der Waals surface area contributed by atoms with Crippen molar-refractivity contribution in [1.82, 2.24) is 10.2 Å². The lowest BCUT2D eigenvalue weighted by Gasteiger charge is -2.44. The van der Waals surface area contributed by atoms with E-state index in [0.29, 0.717) is 16.8 Å². The molecule has 190 valence electrons. The maximum absolute atomic E-state index is 13.9. The number of nitrogens with zero attached hydrogens (tertiary/aromatic N) is 2. The maximum Gasteiger partial charge on any atom is 0.305 e. The number of halogens is 1. The Morgan fingerprint density at radius 3 is 2.36 bits per heavy atom. The Morgan fingerprint density at radius 2 is 1.75 bits per heavy atom. The average Bonchev–Trinajstić information content (AvgIpc) is 3.14. The van der Waals surface area contributed by atoms with E-state index in [1.807, 2.05) is 17.0 Å². The monoisotopic (exact) mass is 493 g/mol. The normalized spacial score (nSPS) is 17.7. The largest absolute Gasteiger partial charge is 0.481 e. The highest BCUT2D eigenvalue weighted by Crippen LogP contribution is 2.45. The number of hydrogen-bond donors (Lipinski definition) is 2. The zero-order valence-electron chi connectivity index (χ0n) is 20.5. The molecule has 2 amide bonds. The minimum Gasteiger partial charge on any atom is -0.481 e. The van der Waals surface area contributed by atoms with E-state index < -0.39 is 11.6 Å². The van der Waals surface area contributed by atoms with Gasteiger partial charge in [0.05, 0.1) is 12.5 Å². The number of carboxylic acid groups (broad SMARTS) is 1. The molecule has 7 nitrogen and oxygen atoms in total. The van der Waals surface area contributed by atoms with Crippen LogP contribution < -0.4 is 5.32 Å². The van der Waals surface area contributed by atoms with Crippen LogP contribution in [0.4, 0.5) is 4.39 Å². The Labute approximate surface area is 210 Å². The van der Waals surface area contributed by atoms with Gasteiger partial charge in [-0.05, 0) is 74.1 Å². The summed E-state index contributed by atoms with van der Waals surface area (Å²) in [5.74, 6) is -1.80. The molecule has 1 atom stereocenters. The van der Waals surface area contributed by atoms with Crippen molar-refractivity contribution in [2.75, 3.05) is 6.54 Å². The van der Waals surface area contributed by atoms with Crippen LogP contribution in [-0.2, 0) is 9.59 Å². The SMILES string of the molecule is CCC[C@H](c1ccc(C(=O)NCCC(=O)O)cc1)N1C(=O)C(c2ccc(F)cc2)=NC12CCCCC2. The molecule has 0 aromatic heterocycles. The number of nitrogens with one attached hydrogen (secondary N) is 1. The average molecular weight is 494 g/mol. The van der Waals surface area contributed by atoms with Gasteiger partial charge in [0.25, 0.3) is 11.8 Å². The lowest BCUT2D eigenvalue weighted by atomic mass is 9.86. The molecule has 1 aliphatic carbocycles. The van der Waals surface area contributed by atoms with Gasteiger partial charge in [-0.25, -0.2) is 4.39 Å². The molecular formula is C28H32FN3O4. The van der Waals surface area contributed by atoms with Gasteiger partial charge in [-0.3, -0.25) is 19.4 Å². The highest BCUT2D eigenvalue weighted by atomic mass is 19.1. The van der Waals surface area contributed by atoms with Crippen molar-refractivity contribution < 1.29 is 23.9 Å². The number of aliphatic imine (C=N–C) groups is 1. The second kappa shape index (κ2) is 11.0. The third-order valence-corrected chi connectivity index (χ3v) is 7.02. The summed E-state index contributed by atoms with van der Waals surface area (Å²) in [4.78, 5) is 43.9. The van der Waals surface area contributed by atoms with Gasteiger partial charge in [0.1, 0.15) is 17.2 Å². The lowest BCUT2D eigenvalue weighted by Crippen LogP contribution is -2.50. The Hall–Kier alpha value is -3.55. The fraction of sp³-hybridized carbons (Fsp3) is 0.429. The molecular weight excluding hydrogens is 461 g/mol. The number of rotatable bonds is 9. The highest BCUT2D eigenvalue weighted by Gasteiger charge is 2.50. The van der Waals surface area contributed by atoms with Crippen LogP contribution in [0.1, 0.15) is 85.8 Å². The summed E-state index contributed by atoms with van der Waals surface area (Å²) in [7, 11) is 0. The maximum atomic E-state index is 13.9. The predicted octanol–water partition coefficient (Wildman–Crippen LogP) is 4.86. The van der Waals surface area contributed by atoms with Crippen LogP contribution in [0.5, 0.6) is 0 Å². The number of aliphatic carboxylic acids is 1. The molecule has 1 fully saturated rings.